The Balaban J connectivity index is 1.60. The lowest BCUT2D eigenvalue weighted by Crippen LogP contribution is -2.10. The van der Waals surface area contributed by atoms with Crippen molar-refractivity contribution < 1.29 is 23.1 Å². The van der Waals surface area contributed by atoms with Gasteiger partial charge in [0.15, 0.2) is 11.6 Å². The summed E-state index contributed by atoms with van der Waals surface area (Å²) < 4.78 is 30.6. The molecule has 0 saturated heterocycles. The minimum atomic E-state index is -0.348. The first-order chi connectivity index (χ1) is 15.1. The van der Waals surface area contributed by atoms with Crippen molar-refractivity contribution in [2.24, 2.45) is 0 Å². The summed E-state index contributed by atoms with van der Waals surface area (Å²) in [4.78, 5) is 16.6. The lowest BCUT2D eigenvalue weighted by atomic mass is 10.2. The molecule has 4 rings (SSSR count). The van der Waals surface area contributed by atoms with Crippen LogP contribution in [0.15, 0.2) is 71.3 Å². The van der Waals surface area contributed by atoms with Crippen LogP contribution in [0.25, 0.3) is 17.1 Å². The number of carbonyl (C=O) groups excluding carboxylic acids is 1. The maximum absolute atomic E-state index is 13.4. The molecule has 0 unspecified atom stereocenters. The quantitative estimate of drug-likeness (QED) is 0.433. The summed E-state index contributed by atoms with van der Waals surface area (Å²) in [6.07, 6.45) is 1.44. The average Bonchev–Trinajstić information content (AvgIpc) is 3.46. The van der Waals surface area contributed by atoms with Crippen molar-refractivity contribution in [3.8, 4) is 23.1 Å². The zero-order chi connectivity index (χ0) is 21.6. The number of rotatable bonds is 8. The molecule has 0 aliphatic carbocycles. The van der Waals surface area contributed by atoms with Gasteiger partial charge in [-0.2, -0.15) is 4.98 Å². The first-order valence-corrected chi connectivity index (χ1v) is 9.44. The molecule has 2 heterocycles. The molecule has 1 N–H and O–H groups in total. The summed E-state index contributed by atoms with van der Waals surface area (Å²) in [7, 11) is 1.57. The van der Waals surface area contributed by atoms with Crippen LogP contribution in [0.2, 0.25) is 0 Å². The number of ether oxygens (including phenoxy) is 2. The smallest absolute Gasteiger partial charge is 0.336 e. The first kappa shape index (κ1) is 20.3. The molecule has 2 aromatic heterocycles. The average molecular weight is 422 g/mol. The largest absolute Gasteiger partial charge is 0.460 e. The summed E-state index contributed by atoms with van der Waals surface area (Å²) in [5.74, 6) is 0.0129. The number of anilines is 1. The van der Waals surface area contributed by atoms with E-state index in [4.69, 9.17) is 13.9 Å². The topological polar surface area (TPSA) is 91.4 Å². The Morgan fingerprint density at radius 2 is 1.87 bits per heavy atom. The van der Waals surface area contributed by atoms with Crippen molar-refractivity contribution in [1.29, 1.82) is 0 Å². The highest BCUT2D eigenvalue weighted by Crippen LogP contribution is 2.25. The highest BCUT2D eigenvalue weighted by atomic mass is 19.1. The molecule has 4 aromatic rings. The number of aromatic nitrogens is 3. The number of benzene rings is 2. The highest BCUT2D eigenvalue weighted by molar-refractivity contribution is 6.02. The van der Waals surface area contributed by atoms with Crippen molar-refractivity contribution in [2.45, 2.75) is 0 Å². The van der Waals surface area contributed by atoms with Crippen molar-refractivity contribution >= 4 is 11.6 Å². The van der Waals surface area contributed by atoms with E-state index in [1.165, 1.54) is 18.4 Å². The third kappa shape index (κ3) is 4.78. The number of methoxy groups -OCH3 is 1. The van der Waals surface area contributed by atoms with Crippen molar-refractivity contribution in [3.05, 3.63) is 78.5 Å². The van der Waals surface area contributed by atoms with E-state index >= 15 is 0 Å². The minimum absolute atomic E-state index is 0.173. The van der Waals surface area contributed by atoms with Gasteiger partial charge in [0.2, 0.25) is 0 Å². The van der Waals surface area contributed by atoms with Crippen molar-refractivity contribution in [2.75, 3.05) is 25.6 Å². The van der Waals surface area contributed by atoms with Gasteiger partial charge in [-0.3, -0.25) is 4.79 Å². The van der Waals surface area contributed by atoms with Crippen LogP contribution in [-0.2, 0) is 4.74 Å². The predicted molar refractivity (Wildman–Crippen MR) is 111 cm³/mol. The van der Waals surface area contributed by atoms with Gasteiger partial charge in [0.1, 0.15) is 12.4 Å². The fourth-order valence-electron chi connectivity index (χ4n) is 2.82. The molecule has 0 bridgehead atoms. The first-order valence-electron chi connectivity index (χ1n) is 9.44. The molecule has 1 amide bonds. The van der Waals surface area contributed by atoms with Gasteiger partial charge in [0.05, 0.1) is 18.6 Å². The number of nitrogens with one attached hydrogen (secondary N) is 1. The number of amides is 1. The number of nitrogens with zero attached hydrogens (tertiary/aromatic N) is 3. The van der Waals surface area contributed by atoms with Gasteiger partial charge in [-0.05, 0) is 60.7 Å². The molecule has 0 spiro atoms. The SMILES string of the molecule is COCCOc1nc(-c2ccc(F)cc2)n(-c2ccc(NC(=O)c3ccco3)cc2)n1. The zero-order valence-corrected chi connectivity index (χ0v) is 16.6. The summed E-state index contributed by atoms with van der Waals surface area (Å²) in [5, 5.41) is 7.17. The van der Waals surface area contributed by atoms with Crippen LogP contribution in [0, 0.1) is 5.82 Å². The predicted octanol–water partition coefficient (Wildman–Crippen LogP) is 3.94. The lowest BCUT2D eigenvalue weighted by molar-refractivity contribution is 0.0996. The maximum Gasteiger partial charge on any atom is 0.336 e. The monoisotopic (exact) mass is 422 g/mol. The summed E-state index contributed by atoms with van der Waals surface area (Å²) in [6, 6.07) is 16.4. The van der Waals surface area contributed by atoms with Gasteiger partial charge < -0.3 is 19.2 Å². The van der Waals surface area contributed by atoms with E-state index in [1.54, 1.807) is 60.3 Å². The number of halogens is 1. The molecule has 0 aliphatic heterocycles. The second kappa shape index (κ2) is 9.23. The van der Waals surface area contributed by atoms with E-state index in [2.05, 4.69) is 15.4 Å². The fourth-order valence-corrected chi connectivity index (χ4v) is 2.82. The normalized spacial score (nSPS) is 10.8. The lowest BCUT2D eigenvalue weighted by Gasteiger charge is -2.08. The maximum atomic E-state index is 13.4. The molecule has 9 heteroatoms. The van der Waals surface area contributed by atoms with Gasteiger partial charge >= 0.3 is 6.01 Å². The number of carbonyl (C=O) groups is 1. The van der Waals surface area contributed by atoms with Crippen molar-refractivity contribution in [3.63, 3.8) is 0 Å². The molecule has 0 atom stereocenters. The van der Waals surface area contributed by atoms with Gasteiger partial charge in [0, 0.05) is 18.4 Å². The molecular formula is C22H19FN4O4. The van der Waals surface area contributed by atoms with E-state index in [-0.39, 0.29) is 23.5 Å². The molecule has 0 radical (unpaired) electrons. The fraction of sp³-hybridized carbons (Fsp3) is 0.136. The molecule has 2 aromatic carbocycles. The Hall–Kier alpha value is -3.98. The molecular weight excluding hydrogens is 403 g/mol. The molecule has 0 aliphatic rings. The second-order valence-corrected chi connectivity index (χ2v) is 6.46. The van der Waals surface area contributed by atoms with Crippen LogP contribution in [0.1, 0.15) is 10.6 Å². The Kier molecular flexibility index (Phi) is 6.04. The second-order valence-electron chi connectivity index (χ2n) is 6.46. The van der Waals surface area contributed by atoms with Crippen LogP contribution in [-0.4, -0.2) is 41.0 Å². The Morgan fingerprint density at radius 3 is 2.55 bits per heavy atom. The minimum Gasteiger partial charge on any atom is -0.460 e. The molecule has 31 heavy (non-hydrogen) atoms. The van der Waals surface area contributed by atoms with E-state index in [0.717, 1.165) is 0 Å². The van der Waals surface area contributed by atoms with E-state index in [0.29, 0.717) is 36.0 Å². The van der Waals surface area contributed by atoms with Crippen LogP contribution in [0.4, 0.5) is 10.1 Å². The standard InChI is InChI=1S/C22H19FN4O4/c1-29-13-14-31-22-25-20(15-4-6-16(23)7-5-15)27(26-22)18-10-8-17(9-11-18)24-21(28)19-3-2-12-30-19/h2-12H,13-14H2,1H3,(H,24,28). The van der Waals surface area contributed by atoms with Gasteiger partial charge in [0.25, 0.3) is 5.91 Å². The number of furan rings is 1. The van der Waals surface area contributed by atoms with E-state index < -0.39 is 0 Å². The van der Waals surface area contributed by atoms with Crippen molar-refractivity contribution in [1.82, 2.24) is 14.8 Å². The van der Waals surface area contributed by atoms with E-state index in [1.807, 2.05) is 0 Å². The molecule has 158 valence electrons. The highest BCUT2D eigenvalue weighted by Gasteiger charge is 2.15. The van der Waals surface area contributed by atoms with Crippen LogP contribution in [0.3, 0.4) is 0 Å². The van der Waals surface area contributed by atoms with E-state index in [9.17, 15) is 9.18 Å². The Morgan fingerprint density at radius 1 is 1.10 bits per heavy atom. The van der Waals surface area contributed by atoms with Crippen LogP contribution < -0.4 is 10.1 Å². The third-order valence-corrected chi connectivity index (χ3v) is 4.32. The van der Waals surface area contributed by atoms with Gasteiger partial charge in [-0.15, -0.1) is 5.10 Å². The molecule has 0 fully saturated rings. The van der Waals surface area contributed by atoms with Crippen LogP contribution in [0.5, 0.6) is 6.01 Å². The Labute approximate surface area is 177 Å². The zero-order valence-electron chi connectivity index (χ0n) is 16.6. The Bertz CT molecular complexity index is 1140. The van der Waals surface area contributed by atoms with Crippen LogP contribution >= 0.6 is 0 Å². The summed E-state index contributed by atoms with van der Waals surface area (Å²) >= 11 is 0. The molecule has 8 nitrogen and oxygen atoms in total. The van der Waals surface area contributed by atoms with Gasteiger partial charge in [-0.1, -0.05) is 0 Å². The number of hydrogen-bond donors (Lipinski definition) is 1. The summed E-state index contributed by atoms with van der Waals surface area (Å²) in [5.41, 5.74) is 1.94. The van der Waals surface area contributed by atoms with Gasteiger partial charge in [-0.25, -0.2) is 9.07 Å². The molecule has 0 saturated carbocycles. The summed E-state index contributed by atoms with van der Waals surface area (Å²) in [6.45, 7) is 0.686. The number of hydrogen-bond acceptors (Lipinski definition) is 6. The third-order valence-electron chi connectivity index (χ3n) is 4.32.